The Bertz CT molecular complexity index is 497. The predicted octanol–water partition coefficient (Wildman–Crippen LogP) is 0.303. The van der Waals surface area contributed by atoms with Crippen molar-refractivity contribution in [3.63, 3.8) is 0 Å². The molecule has 0 saturated carbocycles. The summed E-state index contributed by atoms with van der Waals surface area (Å²) in [7, 11) is 0. The van der Waals surface area contributed by atoms with Crippen molar-refractivity contribution in [1.82, 2.24) is 15.5 Å². The molecule has 0 spiro atoms. The molecule has 2 aliphatic rings. The number of carbonyl (C=O) groups excluding carboxylic acids is 1. The van der Waals surface area contributed by atoms with Gasteiger partial charge in [0.1, 0.15) is 6.10 Å². The Labute approximate surface area is 144 Å². The van der Waals surface area contributed by atoms with Crippen LogP contribution in [-0.4, -0.2) is 75.9 Å². The average Bonchev–Trinajstić information content (AvgIpc) is 2.67. The minimum absolute atomic E-state index is 0.0103. The third kappa shape index (κ3) is 4.93. The summed E-state index contributed by atoms with van der Waals surface area (Å²) < 4.78 is 5.45. The molecular formula is C18H28N4O2. The van der Waals surface area contributed by atoms with Gasteiger partial charge in [0.2, 0.25) is 5.91 Å². The zero-order valence-corrected chi connectivity index (χ0v) is 14.2. The van der Waals surface area contributed by atoms with Crippen molar-refractivity contribution in [3.05, 3.63) is 30.3 Å². The van der Waals surface area contributed by atoms with E-state index in [1.165, 1.54) is 5.69 Å². The summed E-state index contributed by atoms with van der Waals surface area (Å²) in [6.07, 6.45) is 0.658. The largest absolute Gasteiger partial charge is 0.369 e. The van der Waals surface area contributed by atoms with Crippen molar-refractivity contribution in [2.24, 2.45) is 0 Å². The number of amides is 1. The molecule has 6 heteroatoms. The Balaban J connectivity index is 1.29. The number of piperazine rings is 1. The summed E-state index contributed by atoms with van der Waals surface area (Å²) in [5.74, 6) is 0.0103. The molecule has 2 fully saturated rings. The molecule has 132 valence electrons. The molecule has 24 heavy (non-hydrogen) atoms. The van der Waals surface area contributed by atoms with E-state index in [0.717, 1.165) is 52.2 Å². The van der Waals surface area contributed by atoms with Crippen LogP contribution < -0.4 is 15.5 Å². The van der Waals surface area contributed by atoms with Crippen LogP contribution in [0.4, 0.5) is 5.69 Å². The monoisotopic (exact) mass is 332 g/mol. The van der Waals surface area contributed by atoms with Crippen molar-refractivity contribution in [3.8, 4) is 0 Å². The highest BCUT2D eigenvalue weighted by Crippen LogP contribution is 2.15. The number of hydrogen-bond acceptors (Lipinski definition) is 5. The molecule has 1 atom stereocenters. The molecule has 1 unspecified atom stereocenters. The molecule has 2 aliphatic heterocycles. The molecule has 6 nitrogen and oxygen atoms in total. The van der Waals surface area contributed by atoms with Crippen LogP contribution >= 0.6 is 0 Å². The average molecular weight is 332 g/mol. The minimum atomic E-state index is -0.326. The minimum Gasteiger partial charge on any atom is -0.369 e. The number of rotatable bonds is 6. The molecule has 0 aliphatic carbocycles. The van der Waals surface area contributed by atoms with Crippen molar-refractivity contribution in [2.45, 2.75) is 12.5 Å². The highest BCUT2D eigenvalue weighted by atomic mass is 16.5. The molecule has 1 aromatic carbocycles. The number of anilines is 1. The van der Waals surface area contributed by atoms with Gasteiger partial charge in [-0.1, -0.05) is 18.2 Å². The maximum atomic E-state index is 12.0. The Morgan fingerprint density at radius 1 is 1.21 bits per heavy atom. The molecule has 0 bridgehead atoms. The van der Waals surface area contributed by atoms with E-state index >= 15 is 0 Å². The zero-order valence-electron chi connectivity index (χ0n) is 14.2. The third-order valence-electron chi connectivity index (χ3n) is 4.66. The summed E-state index contributed by atoms with van der Waals surface area (Å²) in [6.45, 7) is 8.12. The van der Waals surface area contributed by atoms with E-state index in [0.29, 0.717) is 13.2 Å². The topological polar surface area (TPSA) is 56.8 Å². The summed E-state index contributed by atoms with van der Waals surface area (Å²) >= 11 is 0. The first kappa shape index (κ1) is 17.2. The number of nitrogens with one attached hydrogen (secondary N) is 2. The van der Waals surface area contributed by atoms with E-state index < -0.39 is 0 Å². The van der Waals surface area contributed by atoms with E-state index in [-0.39, 0.29) is 12.0 Å². The van der Waals surface area contributed by atoms with Gasteiger partial charge < -0.3 is 20.3 Å². The molecule has 0 aromatic heterocycles. The van der Waals surface area contributed by atoms with Crippen molar-refractivity contribution >= 4 is 11.6 Å². The molecule has 1 amide bonds. The Morgan fingerprint density at radius 3 is 2.71 bits per heavy atom. The Hall–Kier alpha value is -1.63. The van der Waals surface area contributed by atoms with E-state index in [1.54, 1.807) is 0 Å². The number of ether oxygens (including phenoxy) is 1. The van der Waals surface area contributed by atoms with Crippen molar-refractivity contribution < 1.29 is 9.53 Å². The number of morpholine rings is 1. The molecule has 3 rings (SSSR count). The van der Waals surface area contributed by atoms with Gasteiger partial charge in [0, 0.05) is 51.5 Å². The van der Waals surface area contributed by atoms with Crippen LogP contribution in [0.3, 0.4) is 0 Å². The molecule has 0 radical (unpaired) electrons. The summed E-state index contributed by atoms with van der Waals surface area (Å²) in [5, 5.41) is 6.16. The number of benzene rings is 1. The number of carbonyl (C=O) groups is 1. The molecular weight excluding hydrogens is 304 g/mol. The summed E-state index contributed by atoms with van der Waals surface area (Å²) in [5.41, 5.74) is 1.31. The van der Waals surface area contributed by atoms with E-state index in [9.17, 15) is 4.79 Å². The first-order chi connectivity index (χ1) is 11.8. The van der Waals surface area contributed by atoms with Gasteiger partial charge in [0.05, 0.1) is 6.61 Å². The van der Waals surface area contributed by atoms with Crippen LogP contribution in [0.15, 0.2) is 30.3 Å². The van der Waals surface area contributed by atoms with Crippen LogP contribution in [-0.2, 0) is 9.53 Å². The van der Waals surface area contributed by atoms with Gasteiger partial charge >= 0.3 is 0 Å². The van der Waals surface area contributed by atoms with E-state index in [1.807, 2.05) is 0 Å². The Morgan fingerprint density at radius 2 is 2.00 bits per heavy atom. The summed E-state index contributed by atoms with van der Waals surface area (Å²) in [6, 6.07) is 10.6. The second-order valence-corrected chi connectivity index (χ2v) is 6.37. The van der Waals surface area contributed by atoms with Crippen LogP contribution in [0.2, 0.25) is 0 Å². The van der Waals surface area contributed by atoms with Crippen LogP contribution in [0.1, 0.15) is 6.42 Å². The van der Waals surface area contributed by atoms with E-state index in [4.69, 9.17) is 4.74 Å². The van der Waals surface area contributed by atoms with Gasteiger partial charge in [-0.2, -0.15) is 0 Å². The van der Waals surface area contributed by atoms with Crippen LogP contribution in [0, 0.1) is 0 Å². The molecule has 2 N–H and O–H groups in total. The highest BCUT2D eigenvalue weighted by Gasteiger charge is 2.21. The fourth-order valence-corrected chi connectivity index (χ4v) is 3.23. The highest BCUT2D eigenvalue weighted by molar-refractivity contribution is 5.81. The standard InChI is InChI=1S/C18H28N4O2/c23-18(17-15-19-8-14-24-17)20-7-4-9-21-10-12-22(13-11-21)16-5-2-1-3-6-16/h1-3,5-6,17,19H,4,7-15H2,(H,20,23). The second kappa shape index (κ2) is 9.01. The molecule has 2 saturated heterocycles. The summed E-state index contributed by atoms with van der Waals surface area (Å²) in [4.78, 5) is 16.9. The lowest BCUT2D eigenvalue weighted by molar-refractivity contribution is -0.134. The first-order valence-electron chi connectivity index (χ1n) is 8.95. The number of para-hydroxylation sites is 1. The lowest BCUT2D eigenvalue weighted by Gasteiger charge is -2.36. The number of hydrogen-bond donors (Lipinski definition) is 2. The fourth-order valence-electron chi connectivity index (χ4n) is 3.23. The normalized spacial score (nSPS) is 22.3. The maximum absolute atomic E-state index is 12.0. The van der Waals surface area contributed by atoms with Crippen LogP contribution in [0.25, 0.3) is 0 Å². The van der Waals surface area contributed by atoms with E-state index in [2.05, 4.69) is 50.8 Å². The SMILES string of the molecule is O=C(NCCCN1CCN(c2ccccc2)CC1)C1CNCCO1. The lowest BCUT2D eigenvalue weighted by atomic mass is 10.2. The second-order valence-electron chi connectivity index (χ2n) is 6.37. The van der Waals surface area contributed by atoms with Gasteiger partial charge in [-0.05, 0) is 25.1 Å². The fraction of sp³-hybridized carbons (Fsp3) is 0.611. The quantitative estimate of drug-likeness (QED) is 0.734. The van der Waals surface area contributed by atoms with Crippen molar-refractivity contribution in [2.75, 3.05) is 63.9 Å². The van der Waals surface area contributed by atoms with Gasteiger partial charge in [0.25, 0.3) is 0 Å². The molecule has 2 heterocycles. The van der Waals surface area contributed by atoms with Crippen LogP contribution in [0.5, 0.6) is 0 Å². The van der Waals surface area contributed by atoms with Crippen molar-refractivity contribution in [1.29, 1.82) is 0 Å². The lowest BCUT2D eigenvalue weighted by Crippen LogP contribution is -2.49. The van der Waals surface area contributed by atoms with Gasteiger partial charge in [-0.25, -0.2) is 0 Å². The van der Waals surface area contributed by atoms with Gasteiger partial charge in [-0.15, -0.1) is 0 Å². The molecule has 1 aromatic rings. The van der Waals surface area contributed by atoms with Gasteiger partial charge in [0.15, 0.2) is 0 Å². The zero-order chi connectivity index (χ0) is 16.6. The van der Waals surface area contributed by atoms with Gasteiger partial charge in [-0.3, -0.25) is 9.69 Å². The maximum Gasteiger partial charge on any atom is 0.250 e. The third-order valence-corrected chi connectivity index (χ3v) is 4.66. The first-order valence-corrected chi connectivity index (χ1v) is 8.95. The smallest absolute Gasteiger partial charge is 0.250 e. The Kier molecular flexibility index (Phi) is 6.46. The predicted molar refractivity (Wildman–Crippen MR) is 95.3 cm³/mol. The number of nitrogens with zero attached hydrogens (tertiary/aromatic N) is 2.